The van der Waals surface area contributed by atoms with Crippen molar-refractivity contribution in [3.63, 3.8) is 0 Å². The Hall–Kier alpha value is -2.47. The van der Waals surface area contributed by atoms with Crippen LogP contribution in [-0.4, -0.2) is 45.1 Å². The normalized spacial score (nSPS) is 17.4. The van der Waals surface area contributed by atoms with Gasteiger partial charge in [0.25, 0.3) is 5.91 Å². The van der Waals surface area contributed by atoms with Crippen LogP contribution in [0.2, 0.25) is 0 Å². The van der Waals surface area contributed by atoms with Crippen LogP contribution < -0.4 is 0 Å². The van der Waals surface area contributed by atoms with Gasteiger partial charge in [0.15, 0.2) is 5.16 Å². The molecular weight excluding hydrogens is 344 g/mol. The average Bonchev–Trinajstić information content (AvgIpc) is 2.73. The van der Waals surface area contributed by atoms with Gasteiger partial charge in [-0.2, -0.15) is 0 Å². The van der Waals surface area contributed by atoms with E-state index >= 15 is 0 Å². The number of thioether (sulfide) groups is 1. The van der Waals surface area contributed by atoms with E-state index in [9.17, 15) is 4.79 Å². The third-order valence-corrected chi connectivity index (χ3v) is 5.41. The third-order valence-electron chi connectivity index (χ3n) is 4.84. The molecule has 26 heavy (non-hydrogen) atoms. The van der Waals surface area contributed by atoms with Crippen molar-refractivity contribution in [2.45, 2.75) is 23.9 Å². The third kappa shape index (κ3) is 3.42. The molecule has 0 radical (unpaired) electrons. The number of piperidine rings is 1. The number of hydrogen-bond donors (Lipinski definition) is 0. The van der Waals surface area contributed by atoms with Crippen molar-refractivity contribution in [3.05, 3.63) is 60.2 Å². The van der Waals surface area contributed by atoms with Gasteiger partial charge in [-0.1, -0.05) is 36.0 Å². The van der Waals surface area contributed by atoms with Crippen LogP contribution in [0.15, 0.2) is 54.1 Å². The Morgan fingerprint density at radius 1 is 1.12 bits per heavy atom. The highest BCUT2D eigenvalue weighted by Gasteiger charge is 2.26. The standard InChI is InChI=1S/C20H20N4OS/c1-26-20-22-11-17(12-23-20)19(25)24-8-4-7-16(13-24)18-9-14-5-2-3-6-15(14)10-21-18/h2-3,5-6,9-12,16H,4,7-8,13H2,1H3. The molecule has 0 N–H and O–H groups in total. The summed E-state index contributed by atoms with van der Waals surface area (Å²) >= 11 is 1.47. The van der Waals surface area contributed by atoms with E-state index in [4.69, 9.17) is 0 Å². The van der Waals surface area contributed by atoms with Gasteiger partial charge in [-0.25, -0.2) is 9.97 Å². The summed E-state index contributed by atoms with van der Waals surface area (Å²) in [5.74, 6) is 0.270. The van der Waals surface area contributed by atoms with Crippen molar-refractivity contribution >= 4 is 28.4 Å². The molecule has 1 fully saturated rings. The number of pyridine rings is 1. The number of carbonyl (C=O) groups excluding carboxylic acids is 1. The lowest BCUT2D eigenvalue weighted by molar-refractivity contribution is 0.0705. The quantitative estimate of drug-likeness (QED) is 0.523. The van der Waals surface area contributed by atoms with E-state index in [1.165, 1.54) is 17.1 Å². The SMILES string of the molecule is CSc1ncc(C(=O)N2CCCC(c3cc4ccccc4cn3)C2)cn1. The van der Waals surface area contributed by atoms with Crippen LogP contribution >= 0.6 is 11.8 Å². The summed E-state index contributed by atoms with van der Waals surface area (Å²) in [6, 6.07) is 10.4. The summed E-state index contributed by atoms with van der Waals surface area (Å²) in [4.78, 5) is 27.8. The number of carbonyl (C=O) groups is 1. The number of nitrogens with zero attached hydrogens (tertiary/aromatic N) is 4. The Kier molecular flexibility index (Phi) is 4.84. The number of hydrogen-bond acceptors (Lipinski definition) is 5. The molecule has 1 aromatic carbocycles. The number of likely N-dealkylation sites (tertiary alicyclic amines) is 1. The van der Waals surface area contributed by atoms with Crippen molar-refractivity contribution in [2.75, 3.05) is 19.3 Å². The fraction of sp³-hybridized carbons (Fsp3) is 0.300. The summed E-state index contributed by atoms with van der Waals surface area (Å²) in [7, 11) is 0. The lowest BCUT2D eigenvalue weighted by atomic mass is 9.93. The maximum atomic E-state index is 12.8. The zero-order valence-electron chi connectivity index (χ0n) is 14.6. The molecule has 5 nitrogen and oxygen atoms in total. The molecule has 0 spiro atoms. The molecule has 0 aliphatic carbocycles. The fourth-order valence-corrected chi connectivity index (χ4v) is 3.76. The topological polar surface area (TPSA) is 59.0 Å². The monoisotopic (exact) mass is 364 g/mol. The Bertz CT molecular complexity index is 929. The van der Waals surface area contributed by atoms with E-state index in [0.717, 1.165) is 30.5 Å². The van der Waals surface area contributed by atoms with Gasteiger partial charge in [-0.3, -0.25) is 9.78 Å². The molecule has 1 atom stereocenters. The van der Waals surface area contributed by atoms with E-state index in [0.29, 0.717) is 17.3 Å². The van der Waals surface area contributed by atoms with Crippen LogP contribution in [-0.2, 0) is 0 Å². The number of benzene rings is 1. The molecule has 0 saturated carbocycles. The molecule has 3 heterocycles. The minimum absolute atomic E-state index is 0.00291. The van der Waals surface area contributed by atoms with Crippen molar-refractivity contribution in [3.8, 4) is 0 Å². The first-order chi connectivity index (χ1) is 12.7. The number of rotatable bonds is 3. The second kappa shape index (κ2) is 7.41. The van der Waals surface area contributed by atoms with Crippen LogP contribution in [0.4, 0.5) is 0 Å². The van der Waals surface area contributed by atoms with Gasteiger partial charge in [0.05, 0.1) is 5.56 Å². The van der Waals surface area contributed by atoms with Crippen LogP contribution in [0.5, 0.6) is 0 Å². The second-order valence-electron chi connectivity index (χ2n) is 6.51. The Labute approximate surface area is 156 Å². The summed E-state index contributed by atoms with van der Waals surface area (Å²) in [5.41, 5.74) is 1.62. The number of fused-ring (bicyclic) bond motifs is 1. The Morgan fingerprint density at radius 3 is 2.65 bits per heavy atom. The Balaban J connectivity index is 1.53. The summed E-state index contributed by atoms with van der Waals surface area (Å²) < 4.78 is 0. The van der Waals surface area contributed by atoms with Crippen LogP contribution in [0.1, 0.15) is 34.8 Å². The van der Waals surface area contributed by atoms with Crippen molar-refractivity contribution < 1.29 is 4.79 Å². The van der Waals surface area contributed by atoms with E-state index in [-0.39, 0.29) is 11.8 Å². The summed E-state index contributed by atoms with van der Waals surface area (Å²) in [6.45, 7) is 1.46. The predicted octanol–water partition coefficient (Wildman–Crippen LogP) is 3.77. The van der Waals surface area contributed by atoms with Crippen molar-refractivity contribution in [1.82, 2.24) is 19.9 Å². The molecule has 3 aromatic rings. The van der Waals surface area contributed by atoms with Crippen molar-refractivity contribution in [2.24, 2.45) is 0 Å². The zero-order chi connectivity index (χ0) is 17.9. The van der Waals surface area contributed by atoms with Gasteiger partial charge in [0.1, 0.15) is 0 Å². The lowest BCUT2D eigenvalue weighted by Crippen LogP contribution is -2.39. The maximum Gasteiger partial charge on any atom is 0.257 e. The van der Waals surface area contributed by atoms with Gasteiger partial charge >= 0.3 is 0 Å². The Morgan fingerprint density at radius 2 is 1.88 bits per heavy atom. The smallest absolute Gasteiger partial charge is 0.257 e. The molecule has 1 unspecified atom stereocenters. The van der Waals surface area contributed by atoms with Crippen LogP contribution in [0.3, 0.4) is 0 Å². The minimum Gasteiger partial charge on any atom is -0.338 e. The number of amides is 1. The highest BCUT2D eigenvalue weighted by molar-refractivity contribution is 7.98. The molecule has 0 bridgehead atoms. The summed E-state index contributed by atoms with van der Waals surface area (Å²) in [5, 5.41) is 3.02. The van der Waals surface area contributed by atoms with E-state index in [1.807, 2.05) is 29.5 Å². The zero-order valence-corrected chi connectivity index (χ0v) is 15.4. The average molecular weight is 364 g/mol. The first-order valence-electron chi connectivity index (χ1n) is 8.74. The van der Waals surface area contributed by atoms with Gasteiger partial charge in [0.2, 0.25) is 0 Å². The molecule has 4 rings (SSSR count). The van der Waals surface area contributed by atoms with E-state index in [1.54, 1.807) is 12.4 Å². The molecule has 1 aliphatic rings. The molecule has 1 amide bonds. The lowest BCUT2D eigenvalue weighted by Gasteiger charge is -2.32. The molecule has 6 heteroatoms. The fourth-order valence-electron chi connectivity index (χ4n) is 3.44. The molecular formula is C20H20N4OS. The molecule has 132 valence electrons. The first-order valence-corrected chi connectivity index (χ1v) is 9.97. The van der Waals surface area contributed by atoms with E-state index < -0.39 is 0 Å². The maximum absolute atomic E-state index is 12.8. The molecule has 2 aromatic heterocycles. The highest BCUT2D eigenvalue weighted by atomic mass is 32.2. The van der Waals surface area contributed by atoms with Crippen LogP contribution in [0, 0.1) is 0 Å². The van der Waals surface area contributed by atoms with Gasteiger partial charge < -0.3 is 4.90 Å². The van der Waals surface area contributed by atoms with E-state index in [2.05, 4.69) is 33.2 Å². The minimum atomic E-state index is 0.00291. The van der Waals surface area contributed by atoms with Crippen molar-refractivity contribution in [1.29, 1.82) is 0 Å². The van der Waals surface area contributed by atoms with Gasteiger partial charge in [-0.05, 0) is 30.6 Å². The van der Waals surface area contributed by atoms with Gasteiger partial charge in [-0.15, -0.1) is 0 Å². The number of aromatic nitrogens is 3. The molecule has 1 aliphatic heterocycles. The second-order valence-corrected chi connectivity index (χ2v) is 7.28. The predicted molar refractivity (Wildman–Crippen MR) is 103 cm³/mol. The van der Waals surface area contributed by atoms with Gasteiger partial charge in [0, 0.05) is 48.7 Å². The molecule has 1 saturated heterocycles. The summed E-state index contributed by atoms with van der Waals surface area (Å²) in [6.07, 6.45) is 9.13. The highest BCUT2D eigenvalue weighted by Crippen LogP contribution is 2.28. The first kappa shape index (κ1) is 17.0. The largest absolute Gasteiger partial charge is 0.338 e. The van der Waals surface area contributed by atoms with Crippen LogP contribution in [0.25, 0.3) is 10.8 Å².